The summed E-state index contributed by atoms with van der Waals surface area (Å²) in [6.45, 7) is 5.96. The molecule has 0 spiro atoms. The van der Waals surface area contributed by atoms with Crippen LogP contribution in [0.5, 0.6) is 0 Å². The van der Waals surface area contributed by atoms with Crippen molar-refractivity contribution < 1.29 is 9.53 Å². The molecule has 1 heterocycles. The van der Waals surface area contributed by atoms with Crippen molar-refractivity contribution in [2.24, 2.45) is 0 Å². The van der Waals surface area contributed by atoms with Gasteiger partial charge in [0.1, 0.15) is 6.23 Å². The highest BCUT2D eigenvalue weighted by Crippen LogP contribution is 2.15. The van der Waals surface area contributed by atoms with Gasteiger partial charge < -0.3 is 9.64 Å². The third kappa shape index (κ3) is 10.0. The first-order chi connectivity index (χ1) is 11.3. The van der Waals surface area contributed by atoms with Gasteiger partial charge in [-0.15, -0.1) is 0 Å². The van der Waals surface area contributed by atoms with Gasteiger partial charge in [-0.05, 0) is 26.2 Å². The molecule has 1 atom stereocenters. The highest BCUT2D eigenvalue weighted by molar-refractivity contribution is 5.76. The van der Waals surface area contributed by atoms with Crippen LogP contribution in [0.3, 0.4) is 0 Å². The van der Waals surface area contributed by atoms with Crippen molar-refractivity contribution in [3.05, 3.63) is 0 Å². The zero-order valence-electron chi connectivity index (χ0n) is 15.7. The molecule has 0 bridgehead atoms. The van der Waals surface area contributed by atoms with Gasteiger partial charge in [-0.2, -0.15) is 0 Å². The number of hydrogen-bond donors (Lipinski definition) is 0. The minimum Gasteiger partial charge on any atom is -0.359 e. The molecular weight excluding hydrogens is 286 g/mol. The van der Waals surface area contributed by atoms with Gasteiger partial charge in [-0.1, -0.05) is 71.1 Å². The molecule has 3 nitrogen and oxygen atoms in total. The predicted octanol–water partition coefficient (Wildman–Crippen LogP) is 5.67. The molecule has 1 unspecified atom stereocenters. The molecule has 3 heteroatoms. The molecule has 0 N–H and O–H groups in total. The molecule has 0 aromatic carbocycles. The van der Waals surface area contributed by atoms with Crippen LogP contribution in [0.25, 0.3) is 0 Å². The summed E-state index contributed by atoms with van der Waals surface area (Å²) in [7, 11) is 0. The van der Waals surface area contributed by atoms with Gasteiger partial charge in [0.15, 0.2) is 0 Å². The number of ether oxygens (including phenoxy) is 1. The summed E-state index contributed by atoms with van der Waals surface area (Å²) in [5.41, 5.74) is 0. The normalized spacial score (nSPS) is 17.3. The fourth-order valence-corrected chi connectivity index (χ4v) is 3.32. The van der Waals surface area contributed by atoms with Gasteiger partial charge in [0.25, 0.3) is 0 Å². The van der Waals surface area contributed by atoms with Crippen LogP contribution in [0.4, 0.5) is 0 Å². The Hall–Kier alpha value is -0.570. The van der Waals surface area contributed by atoms with E-state index in [2.05, 4.69) is 6.92 Å². The Balaban J connectivity index is 1.92. The van der Waals surface area contributed by atoms with Gasteiger partial charge in [0, 0.05) is 19.6 Å². The molecule has 136 valence electrons. The maximum absolute atomic E-state index is 12.0. The fraction of sp³-hybridized carbons (Fsp3) is 0.950. The number of unbranched alkanes of at least 4 members (excludes halogenated alkanes) is 9. The van der Waals surface area contributed by atoms with E-state index in [-0.39, 0.29) is 12.1 Å². The molecule has 1 saturated heterocycles. The molecule has 0 saturated carbocycles. The van der Waals surface area contributed by atoms with Gasteiger partial charge in [-0.25, -0.2) is 0 Å². The molecule has 0 radical (unpaired) electrons. The highest BCUT2D eigenvalue weighted by Gasteiger charge is 2.21. The maximum Gasteiger partial charge on any atom is 0.224 e. The average Bonchev–Trinajstić information content (AvgIpc) is 2.77. The zero-order valence-corrected chi connectivity index (χ0v) is 15.7. The topological polar surface area (TPSA) is 29.5 Å². The summed E-state index contributed by atoms with van der Waals surface area (Å²) in [5, 5.41) is 0. The van der Waals surface area contributed by atoms with E-state index in [1.54, 1.807) is 0 Å². The lowest BCUT2D eigenvalue weighted by molar-refractivity contribution is -0.144. The van der Waals surface area contributed by atoms with E-state index in [1.165, 1.54) is 64.2 Å². The van der Waals surface area contributed by atoms with E-state index in [0.717, 1.165) is 32.4 Å². The zero-order chi connectivity index (χ0) is 16.8. The van der Waals surface area contributed by atoms with Crippen LogP contribution < -0.4 is 0 Å². The second kappa shape index (κ2) is 13.8. The average molecular weight is 326 g/mol. The molecule has 1 rings (SSSR count). The summed E-state index contributed by atoms with van der Waals surface area (Å²) < 4.78 is 5.88. The lowest BCUT2D eigenvalue weighted by Gasteiger charge is -2.27. The molecular formula is C20H39NO2. The van der Waals surface area contributed by atoms with Crippen molar-refractivity contribution in [2.75, 3.05) is 13.2 Å². The van der Waals surface area contributed by atoms with Crippen molar-refractivity contribution in [1.82, 2.24) is 4.90 Å². The number of likely N-dealkylation sites (tertiary alicyclic amines) is 1. The van der Waals surface area contributed by atoms with Crippen molar-refractivity contribution in [1.29, 1.82) is 0 Å². The third-order valence-electron chi connectivity index (χ3n) is 4.91. The minimum atomic E-state index is -0.0424. The van der Waals surface area contributed by atoms with Crippen LogP contribution in [0, 0.1) is 0 Å². The van der Waals surface area contributed by atoms with Crippen molar-refractivity contribution in [3.63, 3.8) is 0 Å². The van der Waals surface area contributed by atoms with Crippen LogP contribution >= 0.6 is 0 Å². The van der Waals surface area contributed by atoms with Crippen molar-refractivity contribution in [3.8, 4) is 0 Å². The first kappa shape index (κ1) is 20.5. The molecule has 1 aliphatic rings. The standard InChI is InChI=1S/C20H39NO2/c1-3-4-5-6-7-8-9-10-11-15-18-23-19(2)21-17-14-12-13-16-20(21)22/h19H,3-18H2,1-2H3. The Bertz CT molecular complexity index is 293. The maximum atomic E-state index is 12.0. The number of amides is 1. The summed E-state index contributed by atoms with van der Waals surface area (Å²) in [5.74, 6) is 0.276. The summed E-state index contributed by atoms with van der Waals surface area (Å²) in [4.78, 5) is 13.9. The number of nitrogens with zero attached hydrogens (tertiary/aromatic N) is 1. The first-order valence-corrected chi connectivity index (χ1v) is 10.2. The highest BCUT2D eigenvalue weighted by atomic mass is 16.5. The molecule has 1 fully saturated rings. The number of hydrogen-bond acceptors (Lipinski definition) is 2. The Labute approximate surface area is 144 Å². The first-order valence-electron chi connectivity index (χ1n) is 10.2. The van der Waals surface area contributed by atoms with Gasteiger partial charge in [0.05, 0.1) is 0 Å². The summed E-state index contributed by atoms with van der Waals surface area (Å²) in [6.07, 6.45) is 17.4. The van der Waals surface area contributed by atoms with E-state index < -0.39 is 0 Å². The van der Waals surface area contributed by atoms with Crippen LogP contribution in [0.2, 0.25) is 0 Å². The molecule has 0 aliphatic carbocycles. The van der Waals surface area contributed by atoms with E-state index in [9.17, 15) is 4.79 Å². The summed E-state index contributed by atoms with van der Waals surface area (Å²) >= 11 is 0. The van der Waals surface area contributed by atoms with Gasteiger partial charge >= 0.3 is 0 Å². The Kier molecular flexibility index (Phi) is 12.3. The van der Waals surface area contributed by atoms with Crippen LogP contribution in [-0.2, 0) is 9.53 Å². The van der Waals surface area contributed by atoms with Gasteiger partial charge in [-0.3, -0.25) is 4.79 Å². The minimum absolute atomic E-state index is 0.0424. The van der Waals surface area contributed by atoms with E-state index in [0.29, 0.717) is 6.42 Å². The Morgan fingerprint density at radius 1 is 0.913 bits per heavy atom. The van der Waals surface area contributed by atoms with Crippen molar-refractivity contribution in [2.45, 2.75) is 110 Å². The second-order valence-electron chi connectivity index (χ2n) is 7.05. The predicted molar refractivity (Wildman–Crippen MR) is 97.4 cm³/mol. The van der Waals surface area contributed by atoms with Crippen LogP contribution in [0.1, 0.15) is 104 Å². The number of carbonyl (C=O) groups is 1. The smallest absolute Gasteiger partial charge is 0.224 e. The third-order valence-corrected chi connectivity index (χ3v) is 4.91. The number of carbonyl (C=O) groups excluding carboxylic acids is 1. The summed E-state index contributed by atoms with van der Waals surface area (Å²) in [6, 6.07) is 0. The largest absolute Gasteiger partial charge is 0.359 e. The quantitative estimate of drug-likeness (QED) is 0.408. The Morgan fingerprint density at radius 3 is 2.17 bits per heavy atom. The van der Waals surface area contributed by atoms with Crippen molar-refractivity contribution >= 4 is 5.91 Å². The Morgan fingerprint density at radius 2 is 1.52 bits per heavy atom. The molecule has 23 heavy (non-hydrogen) atoms. The molecule has 1 aliphatic heterocycles. The lowest BCUT2D eigenvalue weighted by atomic mass is 10.1. The molecule has 1 amide bonds. The van der Waals surface area contributed by atoms with Crippen LogP contribution in [0.15, 0.2) is 0 Å². The van der Waals surface area contributed by atoms with E-state index in [4.69, 9.17) is 4.74 Å². The van der Waals surface area contributed by atoms with E-state index in [1.807, 2.05) is 11.8 Å². The number of rotatable bonds is 13. The fourth-order valence-electron chi connectivity index (χ4n) is 3.32. The molecule has 0 aromatic rings. The van der Waals surface area contributed by atoms with Crippen LogP contribution in [-0.4, -0.2) is 30.2 Å². The second-order valence-corrected chi connectivity index (χ2v) is 7.05. The lowest BCUT2D eigenvalue weighted by Crippen LogP contribution is -2.40. The monoisotopic (exact) mass is 325 g/mol. The van der Waals surface area contributed by atoms with E-state index >= 15 is 0 Å². The SMILES string of the molecule is CCCCCCCCCCCCOC(C)N1CCCCCC1=O. The molecule has 0 aromatic heterocycles. The van der Waals surface area contributed by atoms with Gasteiger partial charge in [0.2, 0.25) is 5.91 Å².